The molecule has 0 fully saturated rings. The molecule has 0 bridgehead atoms. The van der Waals surface area contributed by atoms with E-state index in [0.717, 1.165) is 0 Å². The van der Waals surface area contributed by atoms with E-state index in [1.165, 1.54) is 0 Å². The highest BCUT2D eigenvalue weighted by Crippen LogP contribution is 2.11. The van der Waals surface area contributed by atoms with E-state index in [-0.39, 0.29) is 11.9 Å². The average molecular weight is 275 g/mol. The molecule has 2 aromatic rings. The molecule has 0 radical (unpaired) electrons. The normalized spacial score (nSPS) is 10.3. The van der Waals surface area contributed by atoms with Crippen LogP contribution in [-0.2, 0) is 4.74 Å². The van der Waals surface area contributed by atoms with E-state index in [0.29, 0.717) is 11.3 Å². The summed E-state index contributed by atoms with van der Waals surface area (Å²) in [4.78, 5) is 23.3. The van der Waals surface area contributed by atoms with E-state index in [2.05, 4.69) is 25.9 Å². The lowest BCUT2D eigenvalue weighted by molar-refractivity contribution is 0.0378. The van der Waals surface area contributed by atoms with Gasteiger partial charge in [-0.15, -0.1) is 10.2 Å². The van der Waals surface area contributed by atoms with Crippen LogP contribution < -0.4 is 5.32 Å². The molecule has 1 heterocycles. The third-order valence-electron chi connectivity index (χ3n) is 2.27. The Kier molecular flexibility index (Phi) is 4.04. The number of nitrogens with one attached hydrogen (secondary N) is 2. The number of carbonyl (C=O) groups is 2. The number of hydrogen-bond acceptors (Lipinski definition) is 6. The molecule has 2 N–H and O–H groups in total. The molecule has 1 aromatic carbocycles. The third kappa shape index (κ3) is 3.37. The Bertz CT molecular complexity index is 592. The van der Waals surface area contributed by atoms with Gasteiger partial charge in [0.05, 0.1) is 11.7 Å². The molecule has 0 aliphatic rings. The number of rotatable bonds is 4. The molecule has 8 heteroatoms. The van der Waals surface area contributed by atoms with Crippen molar-refractivity contribution < 1.29 is 14.3 Å². The maximum atomic E-state index is 11.7. The van der Waals surface area contributed by atoms with E-state index in [1.54, 1.807) is 38.1 Å². The molecule has 0 spiro atoms. The van der Waals surface area contributed by atoms with Crippen LogP contribution in [0.1, 0.15) is 34.8 Å². The zero-order valence-electron chi connectivity index (χ0n) is 11.0. The molecule has 0 aliphatic heterocycles. The van der Waals surface area contributed by atoms with E-state index < -0.39 is 11.9 Å². The first-order valence-corrected chi connectivity index (χ1v) is 5.92. The molecule has 0 unspecified atom stereocenters. The fourth-order valence-electron chi connectivity index (χ4n) is 1.42. The molecule has 0 saturated carbocycles. The van der Waals surface area contributed by atoms with Crippen LogP contribution >= 0.6 is 0 Å². The monoisotopic (exact) mass is 275 g/mol. The van der Waals surface area contributed by atoms with E-state index in [9.17, 15) is 9.59 Å². The first-order chi connectivity index (χ1) is 9.56. The van der Waals surface area contributed by atoms with Crippen molar-refractivity contribution in [3.05, 3.63) is 35.7 Å². The molecule has 1 aromatic heterocycles. The molecule has 20 heavy (non-hydrogen) atoms. The van der Waals surface area contributed by atoms with Crippen molar-refractivity contribution in [2.75, 3.05) is 5.32 Å². The summed E-state index contributed by atoms with van der Waals surface area (Å²) in [6, 6.07) is 6.32. The number of carbonyl (C=O) groups excluding carboxylic acids is 2. The van der Waals surface area contributed by atoms with Crippen LogP contribution in [0.5, 0.6) is 0 Å². The van der Waals surface area contributed by atoms with Crippen LogP contribution in [0.3, 0.4) is 0 Å². The number of ether oxygens (including phenoxy) is 1. The van der Waals surface area contributed by atoms with E-state index in [4.69, 9.17) is 4.74 Å². The van der Waals surface area contributed by atoms with Crippen molar-refractivity contribution in [2.45, 2.75) is 20.0 Å². The van der Waals surface area contributed by atoms with Gasteiger partial charge in [0.2, 0.25) is 0 Å². The summed E-state index contributed by atoms with van der Waals surface area (Å²) in [5, 5.41) is 15.2. The summed E-state index contributed by atoms with van der Waals surface area (Å²) in [5.41, 5.74) is 0.928. The van der Waals surface area contributed by atoms with Gasteiger partial charge in [0.25, 0.3) is 11.7 Å². The van der Waals surface area contributed by atoms with Crippen LogP contribution in [0.15, 0.2) is 24.3 Å². The SMILES string of the molecule is CC(C)OC(=O)c1ccc(NC(=O)c2nn[nH]n2)cc1. The van der Waals surface area contributed by atoms with Gasteiger partial charge in [0, 0.05) is 5.69 Å². The van der Waals surface area contributed by atoms with Gasteiger partial charge in [-0.25, -0.2) is 4.79 Å². The Morgan fingerprint density at radius 3 is 2.50 bits per heavy atom. The quantitative estimate of drug-likeness (QED) is 0.806. The highest BCUT2D eigenvalue weighted by atomic mass is 16.5. The topological polar surface area (TPSA) is 110 Å². The molecule has 2 rings (SSSR count). The minimum atomic E-state index is -0.490. The zero-order valence-corrected chi connectivity index (χ0v) is 11.0. The first-order valence-electron chi connectivity index (χ1n) is 5.92. The number of esters is 1. The lowest BCUT2D eigenvalue weighted by atomic mass is 10.2. The summed E-state index contributed by atoms with van der Waals surface area (Å²) < 4.78 is 5.06. The minimum absolute atomic E-state index is 0.0618. The van der Waals surface area contributed by atoms with Gasteiger partial charge in [0.15, 0.2) is 0 Å². The van der Waals surface area contributed by atoms with Crippen molar-refractivity contribution in [3.63, 3.8) is 0 Å². The highest BCUT2D eigenvalue weighted by molar-refractivity contribution is 6.01. The summed E-state index contributed by atoms with van der Waals surface area (Å²) >= 11 is 0. The van der Waals surface area contributed by atoms with Crippen molar-refractivity contribution in [1.29, 1.82) is 0 Å². The maximum absolute atomic E-state index is 11.7. The standard InChI is InChI=1S/C12H13N5O3/c1-7(2)20-12(19)8-3-5-9(6-4-8)13-11(18)10-14-16-17-15-10/h3-7H,1-2H3,(H,13,18)(H,14,15,16,17). The zero-order chi connectivity index (χ0) is 14.5. The lowest BCUT2D eigenvalue weighted by Gasteiger charge is -2.08. The number of aromatic amines is 1. The predicted molar refractivity (Wildman–Crippen MR) is 69.1 cm³/mol. The fourth-order valence-corrected chi connectivity index (χ4v) is 1.42. The number of amides is 1. The first kappa shape index (κ1) is 13.7. The maximum Gasteiger partial charge on any atom is 0.338 e. The lowest BCUT2D eigenvalue weighted by Crippen LogP contribution is -2.14. The fraction of sp³-hybridized carbons (Fsp3) is 0.250. The molecule has 104 valence electrons. The Labute approximate surface area is 114 Å². The number of hydrogen-bond donors (Lipinski definition) is 2. The molecule has 0 saturated heterocycles. The van der Waals surface area contributed by atoms with Crippen molar-refractivity contribution in [1.82, 2.24) is 20.6 Å². The number of anilines is 1. The smallest absolute Gasteiger partial charge is 0.338 e. The van der Waals surface area contributed by atoms with Crippen LogP contribution in [0.25, 0.3) is 0 Å². The van der Waals surface area contributed by atoms with Gasteiger partial charge >= 0.3 is 5.97 Å². The predicted octanol–water partition coefficient (Wildman–Crippen LogP) is 1.02. The molecule has 1 amide bonds. The van der Waals surface area contributed by atoms with Crippen molar-refractivity contribution >= 4 is 17.6 Å². The Morgan fingerprint density at radius 2 is 1.95 bits per heavy atom. The van der Waals surface area contributed by atoms with E-state index >= 15 is 0 Å². The summed E-state index contributed by atoms with van der Waals surface area (Å²) in [5.74, 6) is -0.958. The average Bonchev–Trinajstić information content (AvgIpc) is 2.92. The Balaban J connectivity index is 2.01. The largest absolute Gasteiger partial charge is 0.459 e. The second-order valence-corrected chi connectivity index (χ2v) is 4.22. The molecular formula is C12H13N5O3. The summed E-state index contributed by atoms with van der Waals surface area (Å²) in [6.45, 7) is 3.55. The summed E-state index contributed by atoms with van der Waals surface area (Å²) in [7, 11) is 0. The van der Waals surface area contributed by atoms with Gasteiger partial charge in [-0.1, -0.05) is 0 Å². The van der Waals surface area contributed by atoms with Gasteiger partial charge in [-0.2, -0.15) is 5.21 Å². The number of aromatic nitrogens is 4. The van der Waals surface area contributed by atoms with Gasteiger partial charge < -0.3 is 10.1 Å². The second kappa shape index (κ2) is 5.91. The van der Waals surface area contributed by atoms with Crippen molar-refractivity contribution in [3.8, 4) is 0 Å². The van der Waals surface area contributed by atoms with Crippen LogP contribution in [0.2, 0.25) is 0 Å². The molecule has 8 nitrogen and oxygen atoms in total. The number of tetrazole rings is 1. The number of nitrogens with zero attached hydrogens (tertiary/aromatic N) is 3. The van der Waals surface area contributed by atoms with Crippen molar-refractivity contribution in [2.24, 2.45) is 0 Å². The van der Waals surface area contributed by atoms with Crippen LogP contribution in [0, 0.1) is 0 Å². The number of H-pyrrole nitrogens is 1. The van der Waals surface area contributed by atoms with Gasteiger partial charge in [-0.05, 0) is 43.3 Å². The summed E-state index contributed by atoms with van der Waals surface area (Å²) in [6.07, 6.45) is -0.180. The second-order valence-electron chi connectivity index (χ2n) is 4.22. The van der Waals surface area contributed by atoms with Crippen LogP contribution in [0.4, 0.5) is 5.69 Å². The minimum Gasteiger partial charge on any atom is -0.459 e. The Hall–Kier alpha value is -2.77. The Morgan fingerprint density at radius 1 is 1.25 bits per heavy atom. The van der Waals surface area contributed by atoms with Gasteiger partial charge in [0.1, 0.15) is 0 Å². The molecule has 0 aliphatic carbocycles. The van der Waals surface area contributed by atoms with Crippen LogP contribution in [-0.4, -0.2) is 38.6 Å². The molecular weight excluding hydrogens is 262 g/mol. The van der Waals surface area contributed by atoms with E-state index in [1.807, 2.05) is 0 Å². The highest BCUT2D eigenvalue weighted by Gasteiger charge is 2.12. The van der Waals surface area contributed by atoms with Gasteiger partial charge in [-0.3, -0.25) is 4.79 Å². The number of benzene rings is 1. The molecule has 0 atom stereocenters. The third-order valence-corrected chi connectivity index (χ3v) is 2.27.